The molecular weight excluding hydrogens is 396 g/mol. The minimum absolute atomic E-state index is 0.0912. The van der Waals surface area contributed by atoms with Gasteiger partial charge in [0.25, 0.3) is 11.8 Å². The molecule has 162 valence electrons. The minimum atomic E-state index is -0.267. The van der Waals surface area contributed by atoms with E-state index >= 15 is 0 Å². The Hall–Kier alpha value is -3.16. The third kappa shape index (κ3) is 4.06. The van der Waals surface area contributed by atoms with Crippen LogP contribution < -0.4 is 14.8 Å². The van der Waals surface area contributed by atoms with E-state index in [1.54, 1.807) is 24.4 Å². The van der Waals surface area contributed by atoms with E-state index < -0.39 is 0 Å². The summed E-state index contributed by atoms with van der Waals surface area (Å²) in [5.74, 6) is 1.59. The number of carbonyl (C=O) groups excluding carboxylic acids is 2. The molecule has 0 bridgehead atoms. The summed E-state index contributed by atoms with van der Waals surface area (Å²) in [6.07, 6.45) is 6.26. The molecule has 1 aromatic carbocycles. The number of hydrogen-bond donors (Lipinski definition) is 1. The van der Waals surface area contributed by atoms with Gasteiger partial charge in [-0.3, -0.25) is 9.59 Å². The van der Waals surface area contributed by atoms with Crippen LogP contribution in [0.5, 0.6) is 11.5 Å². The zero-order valence-corrected chi connectivity index (χ0v) is 17.6. The van der Waals surface area contributed by atoms with Crippen molar-refractivity contribution >= 4 is 11.8 Å². The van der Waals surface area contributed by atoms with Crippen molar-refractivity contribution in [3.63, 3.8) is 0 Å². The Morgan fingerprint density at radius 2 is 1.90 bits per heavy atom. The summed E-state index contributed by atoms with van der Waals surface area (Å²) in [5, 5.41) is 3.03. The fourth-order valence-corrected chi connectivity index (χ4v) is 4.21. The van der Waals surface area contributed by atoms with Gasteiger partial charge in [0.05, 0.1) is 17.3 Å². The third-order valence-electron chi connectivity index (χ3n) is 5.96. The third-order valence-corrected chi connectivity index (χ3v) is 5.96. The number of ether oxygens (including phenoxy) is 2. The lowest BCUT2D eigenvalue weighted by Gasteiger charge is -2.36. The van der Waals surface area contributed by atoms with Gasteiger partial charge in [-0.2, -0.15) is 0 Å². The van der Waals surface area contributed by atoms with Crippen LogP contribution in [0.4, 0.5) is 0 Å². The molecule has 1 saturated heterocycles. The van der Waals surface area contributed by atoms with Gasteiger partial charge in [0, 0.05) is 24.3 Å². The number of hydrogen-bond acceptors (Lipinski definition) is 6. The Labute approximate surface area is 181 Å². The van der Waals surface area contributed by atoms with E-state index in [1.807, 2.05) is 11.8 Å². The van der Waals surface area contributed by atoms with Gasteiger partial charge in [0.15, 0.2) is 11.5 Å². The van der Waals surface area contributed by atoms with Crippen molar-refractivity contribution in [3.05, 3.63) is 47.0 Å². The maximum absolute atomic E-state index is 13.5. The topological polar surface area (TPSA) is 93.7 Å². The molecule has 0 unspecified atom stereocenters. The number of benzene rings is 1. The summed E-state index contributed by atoms with van der Waals surface area (Å²) in [7, 11) is 0. The van der Waals surface area contributed by atoms with Gasteiger partial charge in [0.2, 0.25) is 0 Å². The van der Waals surface area contributed by atoms with Crippen molar-refractivity contribution in [3.8, 4) is 11.5 Å². The van der Waals surface area contributed by atoms with Crippen LogP contribution in [0, 0.1) is 6.92 Å². The number of aromatic nitrogens is 2. The molecule has 1 saturated carbocycles. The maximum Gasteiger partial charge on any atom is 0.255 e. The number of rotatable bonds is 4. The summed E-state index contributed by atoms with van der Waals surface area (Å²) in [6, 6.07) is 5.27. The second kappa shape index (κ2) is 8.17. The van der Waals surface area contributed by atoms with Crippen LogP contribution in [0.1, 0.15) is 70.4 Å². The Balaban J connectivity index is 1.46. The lowest BCUT2D eigenvalue weighted by Crippen LogP contribution is -2.40. The highest BCUT2D eigenvalue weighted by molar-refractivity contribution is 5.97. The number of nitrogens with zero attached hydrogens (tertiary/aromatic N) is 3. The number of aryl methyl sites for hydroxylation is 1. The van der Waals surface area contributed by atoms with Gasteiger partial charge in [-0.1, -0.05) is 0 Å². The first kappa shape index (κ1) is 19.8. The van der Waals surface area contributed by atoms with Crippen molar-refractivity contribution < 1.29 is 19.1 Å². The summed E-state index contributed by atoms with van der Waals surface area (Å²) >= 11 is 0. The van der Waals surface area contributed by atoms with Crippen molar-refractivity contribution in [2.24, 2.45) is 0 Å². The number of nitrogens with one attached hydrogen (secondary N) is 1. The molecule has 8 heteroatoms. The second-order valence-electron chi connectivity index (χ2n) is 8.33. The van der Waals surface area contributed by atoms with Crippen LogP contribution in [0.25, 0.3) is 0 Å². The van der Waals surface area contributed by atoms with Crippen molar-refractivity contribution in [2.45, 2.75) is 51.1 Å². The Morgan fingerprint density at radius 3 is 2.71 bits per heavy atom. The largest absolute Gasteiger partial charge is 0.486 e. The molecule has 3 aliphatic rings. The monoisotopic (exact) mass is 422 g/mol. The number of fused-ring (bicyclic) bond motifs is 1. The first-order valence-electron chi connectivity index (χ1n) is 10.9. The zero-order valence-electron chi connectivity index (χ0n) is 17.6. The molecule has 3 heterocycles. The average molecular weight is 422 g/mol. The molecule has 1 atom stereocenters. The Morgan fingerprint density at radius 1 is 1.10 bits per heavy atom. The molecule has 31 heavy (non-hydrogen) atoms. The van der Waals surface area contributed by atoms with Gasteiger partial charge in [-0.15, -0.1) is 0 Å². The van der Waals surface area contributed by atoms with Crippen molar-refractivity contribution in [1.82, 2.24) is 20.2 Å². The highest BCUT2D eigenvalue weighted by Crippen LogP contribution is 2.35. The number of carbonyl (C=O) groups is 2. The van der Waals surface area contributed by atoms with E-state index in [-0.39, 0.29) is 23.9 Å². The SMILES string of the molecule is Cc1ncc(C(=O)NC2CC2)c([C@@H]2CCCCN2C(=O)c2ccc3c(c2)OCCO3)n1. The molecule has 0 radical (unpaired) electrons. The predicted molar refractivity (Wildman–Crippen MR) is 112 cm³/mol. The molecule has 2 fully saturated rings. The molecular formula is C23H26N4O4. The summed E-state index contributed by atoms with van der Waals surface area (Å²) in [4.78, 5) is 37.1. The van der Waals surface area contributed by atoms with E-state index in [1.165, 1.54) is 0 Å². The molecule has 1 N–H and O–H groups in total. The lowest BCUT2D eigenvalue weighted by molar-refractivity contribution is 0.0600. The molecule has 2 aliphatic heterocycles. The minimum Gasteiger partial charge on any atom is -0.486 e. The highest BCUT2D eigenvalue weighted by Gasteiger charge is 2.34. The van der Waals surface area contributed by atoms with Crippen LogP contribution in [0.15, 0.2) is 24.4 Å². The summed E-state index contributed by atoms with van der Waals surface area (Å²) in [5.41, 5.74) is 1.64. The summed E-state index contributed by atoms with van der Waals surface area (Å²) < 4.78 is 11.2. The number of piperidine rings is 1. The normalized spacial score (nSPS) is 20.3. The van der Waals surface area contributed by atoms with Crippen LogP contribution in [-0.4, -0.2) is 52.5 Å². The molecule has 5 rings (SSSR count). The predicted octanol–water partition coefficient (Wildman–Crippen LogP) is 2.82. The fourth-order valence-electron chi connectivity index (χ4n) is 4.21. The molecule has 8 nitrogen and oxygen atoms in total. The molecule has 1 aliphatic carbocycles. The smallest absolute Gasteiger partial charge is 0.255 e. The van der Waals surface area contributed by atoms with Crippen LogP contribution in [-0.2, 0) is 0 Å². The van der Waals surface area contributed by atoms with Crippen molar-refractivity contribution in [1.29, 1.82) is 0 Å². The van der Waals surface area contributed by atoms with E-state index in [0.29, 0.717) is 53.9 Å². The van der Waals surface area contributed by atoms with Gasteiger partial charge < -0.3 is 19.7 Å². The number of amides is 2. The first-order valence-corrected chi connectivity index (χ1v) is 10.9. The van der Waals surface area contributed by atoms with Gasteiger partial charge in [-0.05, 0) is 57.2 Å². The van der Waals surface area contributed by atoms with Crippen LogP contribution in [0.2, 0.25) is 0 Å². The quantitative estimate of drug-likeness (QED) is 0.814. The van der Waals surface area contributed by atoms with E-state index in [2.05, 4.69) is 15.3 Å². The van der Waals surface area contributed by atoms with Gasteiger partial charge in [0.1, 0.15) is 19.0 Å². The highest BCUT2D eigenvalue weighted by atomic mass is 16.6. The van der Waals surface area contributed by atoms with Crippen LogP contribution >= 0.6 is 0 Å². The first-order chi connectivity index (χ1) is 15.1. The van der Waals surface area contributed by atoms with Gasteiger partial charge >= 0.3 is 0 Å². The Kier molecular flexibility index (Phi) is 5.21. The molecule has 2 amide bonds. The lowest BCUT2D eigenvalue weighted by atomic mass is 9.95. The molecule has 0 spiro atoms. The van der Waals surface area contributed by atoms with E-state index in [9.17, 15) is 9.59 Å². The molecule has 1 aromatic heterocycles. The fraction of sp³-hybridized carbons (Fsp3) is 0.478. The van der Waals surface area contributed by atoms with Crippen LogP contribution in [0.3, 0.4) is 0 Å². The maximum atomic E-state index is 13.5. The second-order valence-corrected chi connectivity index (χ2v) is 8.33. The Bertz CT molecular complexity index is 1020. The van der Waals surface area contributed by atoms with Crippen molar-refractivity contribution in [2.75, 3.05) is 19.8 Å². The zero-order chi connectivity index (χ0) is 21.4. The van der Waals surface area contributed by atoms with E-state index in [0.717, 1.165) is 32.1 Å². The average Bonchev–Trinajstić information content (AvgIpc) is 3.62. The number of likely N-dealkylation sites (tertiary alicyclic amines) is 1. The standard InChI is InChI=1S/C23H26N4O4/c1-14-24-13-17(22(28)26-16-6-7-16)21(25-14)18-4-2-3-9-27(18)23(29)15-5-8-19-20(12-15)31-11-10-30-19/h5,8,12-13,16,18H,2-4,6-7,9-11H2,1H3,(H,26,28)/t18-/m0/s1. The summed E-state index contributed by atoms with van der Waals surface area (Å²) in [6.45, 7) is 3.40. The molecule has 2 aromatic rings. The van der Waals surface area contributed by atoms with E-state index in [4.69, 9.17) is 9.47 Å². The van der Waals surface area contributed by atoms with Gasteiger partial charge in [-0.25, -0.2) is 9.97 Å².